The molecular formula is C26H29BrN6O3S. The smallest absolute Gasteiger partial charge is 0.280 e. The highest BCUT2D eigenvalue weighted by Gasteiger charge is 2.23. The second kappa shape index (κ2) is 11.5. The van der Waals surface area contributed by atoms with Gasteiger partial charge in [0.25, 0.3) is 5.69 Å². The molecule has 0 saturated heterocycles. The molecule has 4 heterocycles. The van der Waals surface area contributed by atoms with Gasteiger partial charge in [-0.1, -0.05) is 19.3 Å². The lowest BCUT2D eigenvalue weighted by Gasteiger charge is -2.23. The summed E-state index contributed by atoms with van der Waals surface area (Å²) in [6, 6.07) is 9.87. The number of rotatable bonds is 8. The van der Waals surface area contributed by atoms with Crippen molar-refractivity contribution in [2.75, 3.05) is 0 Å². The molecule has 9 nitrogen and oxygen atoms in total. The number of carbonyl (C=O) groups is 1. The molecule has 0 bridgehead atoms. The summed E-state index contributed by atoms with van der Waals surface area (Å²) in [6.45, 7) is 4.77. The van der Waals surface area contributed by atoms with E-state index >= 15 is 0 Å². The van der Waals surface area contributed by atoms with E-state index in [-0.39, 0.29) is 35.0 Å². The molecule has 5 rings (SSSR count). The first kappa shape index (κ1) is 26.9. The van der Waals surface area contributed by atoms with E-state index in [0.717, 1.165) is 52.5 Å². The fourth-order valence-electron chi connectivity index (χ4n) is 4.91. The number of nitrogens with zero attached hydrogens (tertiary/aromatic N) is 6. The quantitative estimate of drug-likeness (QED) is 0.137. The van der Waals surface area contributed by atoms with Crippen LogP contribution in [0.15, 0.2) is 48.1 Å². The zero-order chi connectivity index (χ0) is 25.2. The second-order valence-electron chi connectivity index (χ2n) is 9.46. The van der Waals surface area contributed by atoms with Gasteiger partial charge < -0.3 is 17.0 Å². The van der Waals surface area contributed by atoms with Crippen molar-refractivity contribution in [1.29, 1.82) is 0 Å². The second-order valence-corrected chi connectivity index (χ2v) is 10.4. The maximum absolute atomic E-state index is 12.8. The first-order valence-electron chi connectivity index (χ1n) is 12.2. The van der Waals surface area contributed by atoms with Crippen molar-refractivity contribution in [3.05, 3.63) is 80.2 Å². The highest BCUT2D eigenvalue weighted by atomic mass is 79.9. The zero-order valence-corrected chi connectivity index (χ0v) is 23.2. The van der Waals surface area contributed by atoms with Gasteiger partial charge in [-0.3, -0.25) is 24.3 Å². The molecule has 4 aromatic heterocycles. The van der Waals surface area contributed by atoms with Crippen LogP contribution in [0, 0.1) is 24.0 Å². The Hall–Kier alpha value is -3.18. The van der Waals surface area contributed by atoms with E-state index in [4.69, 9.17) is 5.10 Å². The van der Waals surface area contributed by atoms with Gasteiger partial charge in [0, 0.05) is 17.8 Å². The topological polar surface area (TPSA) is 99.7 Å². The van der Waals surface area contributed by atoms with E-state index in [2.05, 4.69) is 28.8 Å². The average molecular weight is 586 g/mol. The fraction of sp³-hybridized carbons (Fsp3) is 0.385. The van der Waals surface area contributed by atoms with E-state index < -0.39 is 4.92 Å². The highest BCUT2D eigenvalue weighted by Crippen LogP contribution is 2.32. The molecule has 1 saturated carbocycles. The lowest BCUT2D eigenvalue weighted by molar-refractivity contribution is -0.682. The Morgan fingerprint density at radius 1 is 1.19 bits per heavy atom. The number of hydrogen-bond donors (Lipinski definition) is 0. The summed E-state index contributed by atoms with van der Waals surface area (Å²) in [5.41, 5.74) is 5.02. The van der Waals surface area contributed by atoms with Crippen molar-refractivity contribution >= 4 is 22.8 Å². The molecule has 0 unspecified atom stereocenters. The molecule has 1 aliphatic carbocycles. The van der Waals surface area contributed by atoms with E-state index in [1.807, 2.05) is 40.7 Å². The third kappa shape index (κ3) is 6.04. The molecule has 0 N–H and O–H groups in total. The summed E-state index contributed by atoms with van der Waals surface area (Å²) in [7, 11) is 0. The van der Waals surface area contributed by atoms with Crippen LogP contribution < -0.4 is 21.5 Å². The molecule has 0 spiro atoms. The summed E-state index contributed by atoms with van der Waals surface area (Å²) in [6.07, 6.45) is 9.69. The van der Waals surface area contributed by atoms with Crippen molar-refractivity contribution in [2.24, 2.45) is 0 Å². The third-order valence-corrected chi connectivity index (χ3v) is 7.63. The van der Waals surface area contributed by atoms with Crippen LogP contribution in [0.1, 0.15) is 64.9 Å². The maximum atomic E-state index is 12.8. The zero-order valence-electron chi connectivity index (χ0n) is 20.8. The Kier molecular flexibility index (Phi) is 8.33. The molecule has 1 fully saturated rings. The number of Topliss-reactive ketones (excluding diaryl/α,β-unsaturated/α-hetero) is 1. The lowest BCUT2D eigenvalue weighted by atomic mass is 9.95. The number of pyridine rings is 1. The van der Waals surface area contributed by atoms with E-state index in [9.17, 15) is 14.9 Å². The van der Waals surface area contributed by atoms with Crippen LogP contribution in [0.25, 0.3) is 11.3 Å². The molecule has 37 heavy (non-hydrogen) atoms. The summed E-state index contributed by atoms with van der Waals surface area (Å²) in [5.74, 6) is -0.152. The molecule has 194 valence electrons. The number of halogens is 1. The number of aromatic nitrogens is 5. The summed E-state index contributed by atoms with van der Waals surface area (Å²) in [4.78, 5) is 23.7. The number of aryl methyl sites for hydroxylation is 2. The van der Waals surface area contributed by atoms with Crippen molar-refractivity contribution < 1.29 is 31.3 Å². The number of thiophene rings is 1. The van der Waals surface area contributed by atoms with Crippen LogP contribution in [-0.4, -0.2) is 30.3 Å². The van der Waals surface area contributed by atoms with Crippen molar-refractivity contribution in [3.8, 4) is 11.3 Å². The van der Waals surface area contributed by atoms with Gasteiger partial charge in [0.2, 0.25) is 12.3 Å². The van der Waals surface area contributed by atoms with Gasteiger partial charge in [0.05, 0.1) is 50.4 Å². The average Bonchev–Trinajstić information content (AvgIpc) is 3.59. The Labute approximate surface area is 229 Å². The SMILES string of the molecule is Cc1cc(C)n(Cc2cc(-c3ccc[n+](CC(=O)c4cc([N+](=O)[O-])cs4)c3)n(C3CCCCC3)n2)n1.[Br-]. The standard InChI is InChI=1S/C26H29N6O3S.BrH/c1-18-11-19(2)30(27-18)15-21-12-24(31(28-21)22-8-4-3-5-9-22)20-7-6-10-29(14-20)16-25(33)26-13-23(17-36-26)32(34)35;/h6-7,10-14,17,22H,3-5,8-9,15-16H2,1-2H3;1H/q+1;/p-1. The van der Waals surface area contributed by atoms with Crippen LogP contribution in [0.5, 0.6) is 0 Å². The Balaban J connectivity index is 0.00000320. The van der Waals surface area contributed by atoms with Crippen LogP contribution in [0.3, 0.4) is 0 Å². The number of nitro groups is 1. The van der Waals surface area contributed by atoms with Gasteiger partial charge in [0.1, 0.15) is 0 Å². The molecule has 0 aromatic carbocycles. The Bertz CT molecular complexity index is 1420. The molecule has 0 aliphatic heterocycles. The molecule has 1 aliphatic rings. The molecule has 0 amide bonds. The van der Waals surface area contributed by atoms with Crippen LogP contribution in [0.2, 0.25) is 0 Å². The van der Waals surface area contributed by atoms with Crippen LogP contribution >= 0.6 is 11.3 Å². The van der Waals surface area contributed by atoms with E-state index in [1.165, 1.54) is 30.7 Å². The fourth-order valence-corrected chi connectivity index (χ4v) is 5.70. The van der Waals surface area contributed by atoms with Gasteiger partial charge in [-0.2, -0.15) is 14.8 Å². The predicted octanol–water partition coefficient (Wildman–Crippen LogP) is 2.06. The Morgan fingerprint density at radius 3 is 2.65 bits per heavy atom. The van der Waals surface area contributed by atoms with Crippen molar-refractivity contribution in [3.63, 3.8) is 0 Å². The molecule has 4 aromatic rings. The largest absolute Gasteiger partial charge is 1.00 e. The number of ketones is 1. The van der Waals surface area contributed by atoms with Gasteiger partial charge >= 0.3 is 0 Å². The maximum Gasteiger partial charge on any atom is 0.280 e. The lowest BCUT2D eigenvalue weighted by Crippen LogP contribution is -3.00. The highest BCUT2D eigenvalue weighted by molar-refractivity contribution is 7.12. The molecule has 0 radical (unpaired) electrons. The normalized spacial score (nSPS) is 13.9. The molecule has 11 heteroatoms. The van der Waals surface area contributed by atoms with Crippen LogP contribution in [-0.2, 0) is 13.1 Å². The third-order valence-electron chi connectivity index (χ3n) is 6.67. The predicted molar refractivity (Wildman–Crippen MR) is 136 cm³/mol. The summed E-state index contributed by atoms with van der Waals surface area (Å²) >= 11 is 1.11. The Morgan fingerprint density at radius 2 is 1.97 bits per heavy atom. The van der Waals surface area contributed by atoms with Gasteiger partial charge in [-0.15, -0.1) is 11.3 Å². The minimum absolute atomic E-state index is 0. The number of carbonyl (C=O) groups excluding carboxylic acids is 1. The monoisotopic (exact) mass is 584 g/mol. The molecule has 0 atom stereocenters. The van der Waals surface area contributed by atoms with Gasteiger partial charge in [-0.05, 0) is 44.9 Å². The van der Waals surface area contributed by atoms with Gasteiger partial charge in [0.15, 0.2) is 12.4 Å². The van der Waals surface area contributed by atoms with E-state index in [0.29, 0.717) is 17.5 Å². The minimum Gasteiger partial charge on any atom is -1.00 e. The van der Waals surface area contributed by atoms with Crippen molar-refractivity contribution in [1.82, 2.24) is 19.6 Å². The minimum atomic E-state index is -0.475. The number of hydrogen-bond acceptors (Lipinski definition) is 6. The van der Waals surface area contributed by atoms with E-state index in [1.54, 1.807) is 0 Å². The first-order chi connectivity index (χ1) is 17.4. The first-order valence-corrected chi connectivity index (χ1v) is 13.1. The summed E-state index contributed by atoms with van der Waals surface area (Å²) in [5, 5.41) is 22.0. The van der Waals surface area contributed by atoms with Crippen LogP contribution in [0.4, 0.5) is 5.69 Å². The molecular weight excluding hydrogens is 556 g/mol. The van der Waals surface area contributed by atoms with Gasteiger partial charge in [-0.25, -0.2) is 0 Å². The van der Waals surface area contributed by atoms with Crippen molar-refractivity contribution in [2.45, 2.75) is 65.1 Å². The summed E-state index contributed by atoms with van der Waals surface area (Å²) < 4.78 is 5.99.